The van der Waals surface area contributed by atoms with Gasteiger partial charge < -0.3 is 5.73 Å². The van der Waals surface area contributed by atoms with E-state index in [1.165, 1.54) is 6.07 Å². The van der Waals surface area contributed by atoms with Gasteiger partial charge in [0.1, 0.15) is 11.6 Å². The van der Waals surface area contributed by atoms with Crippen LogP contribution in [0, 0.1) is 11.2 Å². The quantitative estimate of drug-likeness (QED) is 0.897. The lowest BCUT2D eigenvalue weighted by atomic mass is 9.87. The number of nitrogens with two attached hydrogens (primary N) is 1. The van der Waals surface area contributed by atoms with Crippen molar-refractivity contribution < 1.29 is 9.18 Å². The van der Waals surface area contributed by atoms with Gasteiger partial charge in [0.25, 0.3) is 0 Å². The van der Waals surface area contributed by atoms with Gasteiger partial charge in [-0.15, -0.1) is 0 Å². The van der Waals surface area contributed by atoms with E-state index in [2.05, 4.69) is 29.0 Å². The van der Waals surface area contributed by atoms with Crippen molar-refractivity contribution in [1.29, 1.82) is 0 Å². The van der Waals surface area contributed by atoms with Crippen molar-refractivity contribution in [2.45, 2.75) is 32.1 Å². The maximum absolute atomic E-state index is 14.2. The van der Waals surface area contributed by atoms with E-state index in [4.69, 9.17) is 5.73 Å². The minimum absolute atomic E-state index is 0.000774. The highest BCUT2D eigenvalue weighted by Crippen LogP contribution is 2.67. The molecule has 1 fully saturated rings. The Morgan fingerprint density at radius 1 is 1.43 bits per heavy atom. The molecule has 0 aliphatic heterocycles. The van der Waals surface area contributed by atoms with Crippen LogP contribution in [0.4, 0.5) is 4.39 Å². The van der Waals surface area contributed by atoms with E-state index in [1.807, 2.05) is 6.07 Å². The first-order valence-corrected chi connectivity index (χ1v) is 6.82. The molecule has 6 heteroatoms. The summed E-state index contributed by atoms with van der Waals surface area (Å²) in [4.78, 5) is 15.3. The van der Waals surface area contributed by atoms with Gasteiger partial charge in [0.05, 0.1) is 11.8 Å². The van der Waals surface area contributed by atoms with Crippen molar-refractivity contribution in [2.24, 2.45) is 11.1 Å². The van der Waals surface area contributed by atoms with Gasteiger partial charge >= 0.3 is 0 Å². The topological polar surface area (TPSA) is 84.7 Å². The highest BCUT2D eigenvalue weighted by molar-refractivity contribution is 5.75. The van der Waals surface area contributed by atoms with Crippen LogP contribution in [0.15, 0.2) is 24.3 Å². The molecule has 1 aromatic heterocycles. The first-order valence-electron chi connectivity index (χ1n) is 6.82. The van der Waals surface area contributed by atoms with E-state index in [0.717, 1.165) is 6.42 Å². The molecule has 1 aliphatic carbocycles. The number of aromatic nitrogens is 3. The monoisotopic (exact) mass is 288 g/mol. The predicted octanol–water partition coefficient (Wildman–Crippen LogP) is 1.69. The Balaban J connectivity index is 2.06. The third-order valence-corrected chi connectivity index (χ3v) is 4.33. The number of benzene rings is 1. The molecule has 5 nitrogen and oxygen atoms in total. The van der Waals surface area contributed by atoms with Gasteiger partial charge in [-0.05, 0) is 17.9 Å². The number of hydrogen-bond acceptors (Lipinski definition) is 3. The van der Waals surface area contributed by atoms with Crippen LogP contribution in [-0.4, -0.2) is 21.1 Å². The summed E-state index contributed by atoms with van der Waals surface area (Å²) in [6, 6.07) is 6.70. The highest BCUT2D eigenvalue weighted by atomic mass is 19.1. The summed E-state index contributed by atoms with van der Waals surface area (Å²) in [7, 11) is 0. The molecule has 1 unspecified atom stereocenters. The summed E-state index contributed by atoms with van der Waals surface area (Å²) in [5.41, 5.74) is 5.07. The van der Waals surface area contributed by atoms with Gasteiger partial charge in [0.15, 0.2) is 5.82 Å². The molecule has 0 radical (unpaired) electrons. The van der Waals surface area contributed by atoms with E-state index in [1.54, 1.807) is 12.1 Å². The second-order valence-electron chi connectivity index (χ2n) is 6.19. The smallest absolute Gasteiger partial charge is 0.225 e. The summed E-state index contributed by atoms with van der Waals surface area (Å²) in [6.07, 6.45) is 0.760. The molecule has 3 rings (SSSR count). The Labute approximate surface area is 121 Å². The average molecular weight is 288 g/mol. The van der Waals surface area contributed by atoms with Gasteiger partial charge in [0, 0.05) is 5.56 Å². The standard InChI is InChI=1S/C15H17FN4O/c1-14(2)8-15(14,9-5-3-4-6-10(9)16)13-18-12(19-20-13)7-11(17)21/h3-6H,7-8H2,1-2H3,(H2,17,21)(H,18,19,20). The second kappa shape index (κ2) is 4.38. The zero-order chi connectivity index (χ0) is 15.3. The molecular weight excluding hydrogens is 271 g/mol. The van der Waals surface area contributed by atoms with Crippen LogP contribution < -0.4 is 5.73 Å². The van der Waals surface area contributed by atoms with Gasteiger partial charge in [-0.3, -0.25) is 9.89 Å². The van der Waals surface area contributed by atoms with Crippen molar-refractivity contribution in [2.75, 3.05) is 0 Å². The minimum atomic E-state index is -0.551. The van der Waals surface area contributed by atoms with E-state index in [0.29, 0.717) is 17.2 Å². The number of nitrogens with one attached hydrogen (secondary N) is 1. The Hall–Kier alpha value is -2.24. The molecule has 1 heterocycles. The van der Waals surface area contributed by atoms with Crippen LogP contribution in [0.25, 0.3) is 0 Å². The largest absolute Gasteiger partial charge is 0.369 e. The van der Waals surface area contributed by atoms with Gasteiger partial charge in [-0.2, -0.15) is 5.10 Å². The maximum Gasteiger partial charge on any atom is 0.225 e. The lowest BCUT2D eigenvalue weighted by molar-refractivity contribution is -0.117. The number of H-pyrrole nitrogens is 1. The molecule has 0 saturated heterocycles. The SMILES string of the molecule is CC1(C)CC1(c1n[nH]c(CC(N)=O)n1)c1ccccc1F. The third-order valence-electron chi connectivity index (χ3n) is 4.33. The molecule has 3 N–H and O–H groups in total. The Morgan fingerprint density at radius 3 is 2.67 bits per heavy atom. The molecule has 1 aliphatic rings. The molecular formula is C15H17FN4O. The first-order chi connectivity index (χ1) is 9.87. The van der Waals surface area contributed by atoms with Crippen molar-refractivity contribution in [1.82, 2.24) is 15.2 Å². The normalized spacial score (nSPS) is 23.0. The average Bonchev–Trinajstić information content (AvgIpc) is 2.76. The number of halogens is 1. The number of nitrogens with zero attached hydrogens (tertiary/aromatic N) is 2. The zero-order valence-electron chi connectivity index (χ0n) is 12.0. The molecule has 1 saturated carbocycles. The van der Waals surface area contributed by atoms with E-state index >= 15 is 0 Å². The fourth-order valence-electron chi connectivity index (χ4n) is 3.12. The number of amides is 1. The summed E-state index contributed by atoms with van der Waals surface area (Å²) in [5, 5.41) is 6.93. The van der Waals surface area contributed by atoms with E-state index in [9.17, 15) is 9.18 Å². The van der Waals surface area contributed by atoms with Crippen molar-refractivity contribution in [3.63, 3.8) is 0 Å². The minimum Gasteiger partial charge on any atom is -0.369 e. The molecule has 21 heavy (non-hydrogen) atoms. The van der Waals surface area contributed by atoms with Crippen molar-refractivity contribution >= 4 is 5.91 Å². The van der Waals surface area contributed by atoms with Crippen LogP contribution in [0.1, 0.15) is 37.5 Å². The highest BCUT2D eigenvalue weighted by Gasteiger charge is 2.66. The number of rotatable bonds is 4. The fraction of sp³-hybridized carbons (Fsp3) is 0.400. The summed E-state index contributed by atoms with van der Waals surface area (Å²) < 4.78 is 14.2. The van der Waals surface area contributed by atoms with Crippen LogP contribution in [-0.2, 0) is 16.6 Å². The van der Waals surface area contributed by atoms with Crippen molar-refractivity contribution in [3.05, 3.63) is 47.3 Å². The number of hydrogen-bond donors (Lipinski definition) is 2. The lowest BCUT2D eigenvalue weighted by Crippen LogP contribution is -2.20. The van der Waals surface area contributed by atoms with Crippen LogP contribution in [0.5, 0.6) is 0 Å². The van der Waals surface area contributed by atoms with E-state index in [-0.39, 0.29) is 17.7 Å². The van der Waals surface area contributed by atoms with E-state index < -0.39 is 11.3 Å². The number of carbonyl (C=O) groups is 1. The molecule has 110 valence electrons. The van der Waals surface area contributed by atoms with Gasteiger partial charge in [-0.25, -0.2) is 9.37 Å². The summed E-state index contributed by atoms with van der Waals surface area (Å²) in [6.45, 7) is 4.12. The lowest BCUT2D eigenvalue weighted by Gasteiger charge is -2.18. The summed E-state index contributed by atoms with van der Waals surface area (Å²) in [5.74, 6) is 0.196. The molecule has 0 bridgehead atoms. The number of aromatic amines is 1. The first kappa shape index (κ1) is 13.7. The third kappa shape index (κ3) is 2.02. The second-order valence-corrected chi connectivity index (χ2v) is 6.19. The van der Waals surface area contributed by atoms with Crippen LogP contribution in [0.2, 0.25) is 0 Å². The fourth-order valence-corrected chi connectivity index (χ4v) is 3.12. The van der Waals surface area contributed by atoms with Gasteiger partial charge in [-0.1, -0.05) is 32.0 Å². The molecule has 1 amide bonds. The molecule has 1 aromatic carbocycles. The predicted molar refractivity (Wildman–Crippen MR) is 74.9 cm³/mol. The Morgan fingerprint density at radius 2 is 2.10 bits per heavy atom. The zero-order valence-corrected chi connectivity index (χ0v) is 12.0. The summed E-state index contributed by atoms with van der Waals surface area (Å²) >= 11 is 0. The molecule has 0 spiro atoms. The molecule has 1 atom stereocenters. The number of carbonyl (C=O) groups excluding carboxylic acids is 1. The Bertz CT molecular complexity index is 709. The van der Waals surface area contributed by atoms with Gasteiger partial charge in [0.2, 0.25) is 5.91 Å². The van der Waals surface area contributed by atoms with Crippen LogP contribution >= 0.6 is 0 Å². The maximum atomic E-state index is 14.2. The van der Waals surface area contributed by atoms with Crippen LogP contribution in [0.3, 0.4) is 0 Å². The Kier molecular flexibility index (Phi) is 2.86. The van der Waals surface area contributed by atoms with Crippen molar-refractivity contribution in [3.8, 4) is 0 Å². The number of primary amides is 1. The molecule has 2 aromatic rings.